The summed E-state index contributed by atoms with van der Waals surface area (Å²) < 4.78 is 16.4. The average Bonchev–Trinajstić information content (AvgIpc) is 2.99. The average molecular weight is 392 g/mol. The van der Waals surface area contributed by atoms with Gasteiger partial charge in [-0.05, 0) is 33.8 Å². The van der Waals surface area contributed by atoms with Crippen LogP contribution in [0.3, 0.4) is 0 Å². The number of ether oxygens (including phenoxy) is 3. The van der Waals surface area contributed by atoms with Gasteiger partial charge >= 0.3 is 5.97 Å². The molecule has 0 radical (unpaired) electrons. The van der Waals surface area contributed by atoms with Gasteiger partial charge in [0, 0.05) is 36.7 Å². The third kappa shape index (κ3) is 5.06. The molecule has 156 valence electrons. The van der Waals surface area contributed by atoms with Crippen molar-refractivity contribution in [1.29, 1.82) is 0 Å². The Kier molecular flexibility index (Phi) is 7.12. The highest BCUT2D eigenvalue weighted by atomic mass is 16.6. The Balaban J connectivity index is 2.30. The summed E-state index contributed by atoms with van der Waals surface area (Å²) in [5.74, 6) is 0.613. The Morgan fingerprint density at radius 3 is 2.46 bits per heavy atom. The maximum absolute atomic E-state index is 12.9. The number of nitrogens with zero attached hydrogens (tertiary/aromatic N) is 1. The van der Waals surface area contributed by atoms with Crippen LogP contribution in [0.15, 0.2) is 30.4 Å². The Labute approximate surface area is 168 Å². The first-order valence-electron chi connectivity index (χ1n) is 9.55. The molecule has 1 N–H and O–H groups in total. The molecular weight excluding hydrogens is 358 g/mol. The molecule has 1 saturated heterocycles. The van der Waals surface area contributed by atoms with Crippen LogP contribution in [-0.2, 0) is 16.1 Å². The Morgan fingerprint density at radius 1 is 1.29 bits per heavy atom. The highest BCUT2D eigenvalue weighted by molar-refractivity contribution is 5.75. The van der Waals surface area contributed by atoms with Crippen LogP contribution in [0, 0.1) is 11.8 Å². The molecule has 0 spiro atoms. The van der Waals surface area contributed by atoms with Crippen LogP contribution in [0.2, 0.25) is 0 Å². The van der Waals surface area contributed by atoms with Crippen molar-refractivity contribution in [3.8, 4) is 11.5 Å². The summed E-state index contributed by atoms with van der Waals surface area (Å²) in [6.45, 7) is 12.6. The maximum atomic E-state index is 12.9. The van der Waals surface area contributed by atoms with Crippen molar-refractivity contribution in [3.05, 3.63) is 35.9 Å². The lowest BCUT2D eigenvalue weighted by Gasteiger charge is -2.29. The zero-order chi connectivity index (χ0) is 21.1. The topological polar surface area (TPSA) is 68.2 Å². The van der Waals surface area contributed by atoms with Crippen LogP contribution in [0.25, 0.3) is 0 Å². The fourth-order valence-corrected chi connectivity index (χ4v) is 3.76. The van der Waals surface area contributed by atoms with Crippen LogP contribution < -0.4 is 9.47 Å². The minimum Gasteiger partial charge on any atom is -0.497 e. The molecular formula is C22H33NO5. The second-order valence-electron chi connectivity index (χ2n) is 8.37. The van der Waals surface area contributed by atoms with Crippen molar-refractivity contribution in [2.24, 2.45) is 11.8 Å². The SMILES string of the molecule is C=C(C)[C@H]1CN(Cc2ccc(OC)cc2OC)[C@H](CO)[C@H]1C(=O)OC(C)(C)C. The van der Waals surface area contributed by atoms with Gasteiger partial charge < -0.3 is 19.3 Å². The van der Waals surface area contributed by atoms with E-state index in [9.17, 15) is 9.90 Å². The van der Waals surface area contributed by atoms with Crippen LogP contribution in [0.5, 0.6) is 11.5 Å². The van der Waals surface area contributed by atoms with E-state index in [1.807, 2.05) is 45.9 Å². The minimum atomic E-state index is -0.580. The first kappa shape index (κ1) is 22.2. The second kappa shape index (κ2) is 8.97. The van der Waals surface area contributed by atoms with E-state index in [0.29, 0.717) is 24.6 Å². The largest absolute Gasteiger partial charge is 0.497 e. The van der Waals surface area contributed by atoms with Crippen molar-refractivity contribution in [2.75, 3.05) is 27.4 Å². The molecule has 0 unspecified atom stereocenters. The van der Waals surface area contributed by atoms with Gasteiger partial charge in [0.05, 0.1) is 26.7 Å². The molecule has 1 fully saturated rings. The third-order valence-corrected chi connectivity index (χ3v) is 5.11. The molecule has 1 aliphatic rings. The lowest BCUT2D eigenvalue weighted by molar-refractivity contribution is -0.162. The van der Waals surface area contributed by atoms with Gasteiger partial charge in [0.15, 0.2) is 0 Å². The van der Waals surface area contributed by atoms with Crippen molar-refractivity contribution in [2.45, 2.75) is 45.9 Å². The lowest BCUT2D eigenvalue weighted by Crippen LogP contribution is -2.41. The third-order valence-electron chi connectivity index (χ3n) is 5.11. The molecule has 1 heterocycles. The number of likely N-dealkylation sites (tertiary alicyclic amines) is 1. The van der Waals surface area contributed by atoms with Gasteiger partial charge in [-0.25, -0.2) is 0 Å². The van der Waals surface area contributed by atoms with Crippen molar-refractivity contribution >= 4 is 5.97 Å². The zero-order valence-electron chi connectivity index (χ0n) is 17.8. The molecule has 6 heteroatoms. The van der Waals surface area contributed by atoms with E-state index in [0.717, 1.165) is 11.1 Å². The summed E-state index contributed by atoms with van der Waals surface area (Å²) >= 11 is 0. The summed E-state index contributed by atoms with van der Waals surface area (Å²) in [7, 11) is 3.23. The summed E-state index contributed by atoms with van der Waals surface area (Å²) in [6, 6.07) is 5.32. The smallest absolute Gasteiger partial charge is 0.311 e. The molecule has 6 nitrogen and oxygen atoms in total. The quantitative estimate of drug-likeness (QED) is 0.569. The van der Waals surface area contributed by atoms with Crippen molar-refractivity contribution in [3.63, 3.8) is 0 Å². The highest BCUT2D eigenvalue weighted by Gasteiger charge is 2.47. The van der Waals surface area contributed by atoms with Gasteiger partial charge in [-0.15, -0.1) is 0 Å². The van der Waals surface area contributed by atoms with Gasteiger partial charge in [-0.3, -0.25) is 9.69 Å². The van der Waals surface area contributed by atoms with E-state index in [-0.39, 0.29) is 24.5 Å². The van der Waals surface area contributed by atoms with Crippen molar-refractivity contribution in [1.82, 2.24) is 4.90 Å². The predicted octanol–water partition coefficient (Wildman–Crippen LogP) is 3.03. The molecule has 0 bridgehead atoms. The minimum absolute atomic E-state index is 0.0729. The Bertz CT molecular complexity index is 709. The first-order valence-corrected chi connectivity index (χ1v) is 9.55. The number of benzene rings is 1. The number of hydrogen-bond donors (Lipinski definition) is 1. The normalized spacial score (nSPS) is 22.8. The monoisotopic (exact) mass is 391 g/mol. The number of methoxy groups -OCH3 is 2. The fraction of sp³-hybridized carbons (Fsp3) is 0.591. The summed E-state index contributed by atoms with van der Waals surface area (Å²) in [6.07, 6.45) is 0. The number of carbonyl (C=O) groups is 1. The van der Waals surface area contributed by atoms with Gasteiger partial charge in [-0.2, -0.15) is 0 Å². The molecule has 0 aliphatic carbocycles. The first-order chi connectivity index (χ1) is 13.1. The molecule has 0 saturated carbocycles. The Morgan fingerprint density at radius 2 is 1.96 bits per heavy atom. The van der Waals surface area contributed by atoms with Crippen LogP contribution in [0.4, 0.5) is 0 Å². The van der Waals surface area contributed by atoms with Gasteiger partial charge in [0.2, 0.25) is 0 Å². The molecule has 28 heavy (non-hydrogen) atoms. The molecule has 3 atom stereocenters. The molecule has 0 amide bonds. The standard InChI is InChI=1S/C22H33NO5/c1-14(2)17-12-23(11-15-8-9-16(26-6)10-19(15)27-7)18(13-24)20(17)21(25)28-22(3,4)5/h8-10,17-18,20,24H,1,11-13H2,2-7H3/t17-,18-,20+/m1/s1. The molecule has 0 aromatic heterocycles. The summed E-state index contributed by atoms with van der Waals surface area (Å²) in [5.41, 5.74) is 1.30. The van der Waals surface area contributed by atoms with Crippen LogP contribution in [-0.4, -0.2) is 55.0 Å². The van der Waals surface area contributed by atoms with E-state index < -0.39 is 11.5 Å². The number of carbonyl (C=O) groups excluding carboxylic acids is 1. The van der Waals surface area contributed by atoms with Gasteiger partial charge in [0.1, 0.15) is 17.1 Å². The molecule has 1 aromatic carbocycles. The van der Waals surface area contributed by atoms with E-state index in [4.69, 9.17) is 14.2 Å². The number of esters is 1. The number of aliphatic hydroxyl groups is 1. The number of rotatable bonds is 7. The van der Waals surface area contributed by atoms with Crippen LogP contribution in [0.1, 0.15) is 33.3 Å². The predicted molar refractivity (Wildman–Crippen MR) is 108 cm³/mol. The number of aliphatic hydroxyl groups excluding tert-OH is 1. The summed E-state index contributed by atoms with van der Waals surface area (Å²) in [5, 5.41) is 10.1. The van der Waals surface area contributed by atoms with Crippen molar-refractivity contribution < 1.29 is 24.1 Å². The van der Waals surface area contributed by atoms with Gasteiger partial charge in [-0.1, -0.05) is 18.2 Å². The van der Waals surface area contributed by atoms with Crippen LogP contribution >= 0.6 is 0 Å². The number of hydrogen-bond acceptors (Lipinski definition) is 6. The highest BCUT2D eigenvalue weighted by Crippen LogP contribution is 2.38. The zero-order valence-corrected chi connectivity index (χ0v) is 17.8. The maximum Gasteiger partial charge on any atom is 0.311 e. The second-order valence-corrected chi connectivity index (χ2v) is 8.37. The van der Waals surface area contributed by atoms with E-state index >= 15 is 0 Å². The van der Waals surface area contributed by atoms with E-state index in [1.54, 1.807) is 14.2 Å². The lowest BCUT2D eigenvalue weighted by atomic mass is 9.86. The Hall–Kier alpha value is -2.05. The fourth-order valence-electron chi connectivity index (χ4n) is 3.76. The molecule has 1 aliphatic heterocycles. The summed E-state index contributed by atoms with van der Waals surface area (Å²) in [4.78, 5) is 15.0. The molecule has 2 rings (SSSR count). The van der Waals surface area contributed by atoms with E-state index in [2.05, 4.69) is 11.5 Å². The van der Waals surface area contributed by atoms with E-state index in [1.165, 1.54) is 0 Å². The van der Waals surface area contributed by atoms with Gasteiger partial charge in [0.25, 0.3) is 0 Å². The molecule has 1 aromatic rings.